The summed E-state index contributed by atoms with van der Waals surface area (Å²) >= 11 is 0. The van der Waals surface area contributed by atoms with Gasteiger partial charge in [-0.25, -0.2) is 0 Å². The number of aryl methyl sites for hydroxylation is 1. The smallest absolute Gasteiger partial charge is 0.260 e. The van der Waals surface area contributed by atoms with Crippen molar-refractivity contribution < 1.29 is 9.53 Å². The summed E-state index contributed by atoms with van der Waals surface area (Å²) in [5, 5.41) is 3.07. The Morgan fingerprint density at radius 2 is 2.05 bits per heavy atom. The summed E-state index contributed by atoms with van der Waals surface area (Å²) in [6.45, 7) is 3.90. The minimum absolute atomic E-state index is 0.00203. The molecule has 3 nitrogen and oxygen atoms in total. The van der Waals surface area contributed by atoms with Crippen molar-refractivity contribution in [3.63, 3.8) is 0 Å². The van der Waals surface area contributed by atoms with Crippen LogP contribution in [0.4, 0.5) is 0 Å². The Balaban J connectivity index is 1.92. The minimum atomic E-state index is -0.437. The highest BCUT2D eigenvalue weighted by Gasteiger charge is 2.21. The van der Waals surface area contributed by atoms with E-state index in [2.05, 4.69) is 12.2 Å². The SMILES string of the molecule is CCc1ccccc1O[C@H](C)C(=O)NC1CCCC1. The number of amides is 1. The Bertz CT molecular complexity index is 425. The van der Waals surface area contributed by atoms with Crippen LogP contribution in [0.5, 0.6) is 5.75 Å². The van der Waals surface area contributed by atoms with Gasteiger partial charge in [-0.1, -0.05) is 38.0 Å². The first kappa shape index (κ1) is 13.9. The second kappa shape index (κ2) is 6.60. The van der Waals surface area contributed by atoms with Gasteiger partial charge in [-0.15, -0.1) is 0 Å². The summed E-state index contributed by atoms with van der Waals surface area (Å²) in [5.74, 6) is 0.817. The molecular weight excluding hydrogens is 238 g/mol. The van der Waals surface area contributed by atoms with Crippen LogP contribution in [0.15, 0.2) is 24.3 Å². The molecule has 0 radical (unpaired) electrons. The van der Waals surface area contributed by atoms with Crippen LogP contribution >= 0.6 is 0 Å². The van der Waals surface area contributed by atoms with E-state index in [-0.39, 0.29) is 5.91 Å². The maximum Gasteiger partial charge on any atom is 0.260 e. The van der Waals surface area contributed by atoms with E-state index in [1.165, 1.54) is 12.8 Å². The van der Waals surface area contributed by atoms with Crippen molar-refractivity contribution >= 4 is 5.91 Å². The lowest BCUT2D eigenvalue weighted by atomic mass is 10.1. The van der Waals surface area contributed by atoms with Crippen LogP contribution in [-0.2, 0) is 11.2 Å². The van der Waals surface area contributed by atoms with Gasteiger partial charge >= 0.3 is 0 Å². The highest BCUT2D eigenvalue weighted by atomic mass is 16.5. The van der Waals surface area contributed by atoms with Crippen molar-refractivity contribution in [3.05, 3.63) is 29.8 Å². The van der Waals surface area contributed by atoms with E-state index in [9.17, 15) is 4.79 Å². The second-order valence-corrected chi connectivity index (χ2v) is 5.21. The van der Waals surface area contributed by atoms with E-state index < -0.39 is 6.10 Å². The van der Waals surface area contributed by atoms with E-state index in [0.717, 1.165) is 30.6 Å². The largest absolute Gasteiger partial charge is 0.481 e. The van der Waals surface area contributed by atoms with E-state index in [0.29, 0.717) is 6.04 Å². The molecule has 0 heterocycles. The summed E-state index contributed by atoms with van der Waals surface area (Å²) in [5.41, 5.74) is 1.14. The normalized spacial score (nSPS) is 17.2. The lowest BCUT2D eigenvalue weighted by Crippen LogP contribution is -2.41. The van der Waals surface area contributed by atoms with Crippen molar-refractivity contribution in [1.82, 2.24) is 5.32 Å². The highest BCUT2D eigenvalue weighted by molar-refractivity contribution is 5.81. The molecule has 1 aromatic rings. The number of carbonyl (C=O) groups is 1. The van der Waals surface area contributed by atoms with Gasteiger partial charge in [0.1, 0.15) is 5.75 Å². The molecule has 1 aromatic carbocycles. The van der Waals surface area contributed by atoms with Crippen molar-refractivity contribution in [1.29, 1.82) is 0 Å². The van der Waals surface area contributed by atoms with Crippen molar-refractivity contribution in [2.75, 3.05) is 0 Å². The van der Waals surface area contributed by atoms with E-state index >= 15 is 0 Å². The van der Waals surface area contributed by atoms with Crippen molar-refractivity contribution in [2.45, 2.75) is 58.1 Å². The molecule has 104 valence electrons. The molecule has 1 fully saturated rings. The molecule has 1 aliphatic rings. The van der Waals surface area contributed by atoms with Gasteiger partial charge in [-0.2, -0.15) is 0 Å². The Morgan fingerprint density at radius 1 is 1.37 bits per heavy atom. The molecule has 1 amide bonds. The predicted octanol–water partition coefficient (Wildman–Crippen LogP) is 3.08. The van der Waals surface area contributed by atoms with Crippen LogP contribution in [-0.4, -0.2) is 18.1 Å². The fourth-order valence-corrected chi connectivity index (χ4v) is 2.54. The molecule has 0 aliphatic heterocycles. The number of hydrogen-bond acceptors (Lipinski definition) is 2. The molecule has 1 aliphatic carbocycles. The molecule has 0 aromatic heterocycles. The number of benzene rings is 1. The molecule has 1 N–H and O–H groups in total. The van der Waals surface area contributed by atoms with Crippen LogP contribution in [0.25, 0.3) is 0 Å². The van der Waals surface area contributed by atoms with E-state index in [1.54, 1.807) is 0 Å². The van der Waals surface area contributed by atoms with Gasteiger partial charge in [-0.3, -0.25) is 4.79 Å². The molecule has 0 bridgehead atoms. The van der Waals surface area contributed by atoms with Gasteiger partial charge in [0.25, 0.3) is 5.91 Å². The third-order valence-electron chi connectivity index (χ3n) is 3.73. The number of ether oxygens (including phenoxy) is 1. The summed E-state index contributed by atoms with van der Waals surface area (Å²) in [7, 11) is 0. The maximum atomic E-state index is 12.1. The summed E-state index contributed by atoms with van der Waals surface area (Å²) in [6.07, 6.45) is 5.12. The zero-order valence-electron chi connectivity index (χ0n) is 11.8. The maximum absolute atomic E-state index is 12.1. The molecule has 19 heavy (non-hydrogen) atoms. The fraction of sp³-hybridized carbons (Fsp3) is 0.562. The summed E-state index contributed by atoms with van der Waals surface area (Å²) < 4.78 is 5.80. The number of nitrogens with one attached hydrogen (secondary N) is 1. The van der Waals surface area contributed by atoms with Gasteiger partial charge in [0.05, 0.1) is 0 Å². The van der Waals surface area contributed by atoms with Gasteiger partial charge in [0.2, 0.25) is 0 Å². The molecule has 0 saturated heterocycles. The average molecular weight is 261 g/mol. The second-order valence-electron chi connectivity index (χ2n) is 5.21. The Labute approximate surface area is 115 Å². The number of para-hydroxylation sites is 1. The predicted molar refractivity (Wildman–Crippen MR) is 76.3 cm³/mol. The first-order chi connectivity index (χ1) is 9.20. The van der Waals surface area contributed by atoms with Crippen LogP contribution in [0.3, 0.4) is 0 Å². The molecule has 1 saturated carbocycles. The van der Waals surface area contributed by atoms with Gasteiger partial charge in [0, 0.05) is 6.04 Å². The topological polar surface area (TPSA) is 38.3 Å². The molecule has 0 unspecified atom stereocenters. The molecule has 1 atom stereocenters. The fourth-order valence-electron chi connectivity index (χ4n) is 2.54. The van der Waals surface area contributed by atoms with E-state index in [4.69, 9.17) is 4.74 Å². The number of hydrogen-bond donors (Lipinski definition) is 1. The lowest BCUT2D eigenvalue weighted by Gasteiger charge is -2.19. The van der Waals surface area contributed by atoms with Gasteiger partial charge in [-0.05, 0) is 37.8 Å². The van der Waals surface area contributed by atoms with Crippen LogP contribution in [0.1, 0.15) is 45.1 Å². The zero-order valence-corrected chi connectivity index (χ0v) is 11.8. The Morgan fingerprint density at radius 3 is 2.74 bits per heavy atom. The van der Waals surface area contributed by atoms with Crippen LogP contribution in [0, 0.1) is 0 Å². The van der Waals surface area contributed by atoms with Crippen molar-refractivity contribution in [3.8, 4) is 5.75 Å². The van der Waals surface area contributed by atoms with E-state index in [1.807, 2.05) is 31.2 Å². The quantitative estimate of drug-likeness (QED) is 0.884. The Hall–Kier alpha value is -1.51. The Kier molecular flexibility index (Phi) is 4.83. The third kappa shape index (κ3) is 3.72. The van der Waals surface area contributed by atoms with Crippen LogP contribution in [0.2, 0.25) is 0 Å². The van der Waals surface area contributed by atoms with Crippen LogP contribution < -0.4 is 10.1 Å². The monoisotopic (exact) mass is 261 g/mol. The molecule has 0 spiro atoms. The summed E-state index contributed by atoms with van der Waals surface area (Å²) in [6, 6.07) is 8.25. The first-order valence-corrected chi connectivity index (χ1v) is 7.25. The molecule has 2 rings (SSSR count). The minimum Gasteiger partial charge on any atom is -0.481 e. The highest BCUT2D eigenvalue weighted by Crippen LogP contribution is 2.21. The first-order valence-electron chi connectivity index (χ1n) is 7.25. The van der Waals surface area contributed by atoms with Crippen molar-refractivity contribution in [2.24, 2.45) is 0 Å². The van der Waals surface area contributed by atoms with Gasteiger partial charge < -0.3 is 10.1 Å². The molecular formula is C16H23NO2. The average Bonchev–Trinajstić information content (AvgIpc) is 2.92. The number of carbonyl (C=O) groups excluding carboxylic acids is 1. The number of rotatable bonds is 5. The standard InChI is InChI=1S/C16H23NO2/c1-3-13-8-4-7-11-15(13)19-12(2)16(18)17-14-9-5-6-10-14/h4,7-8,11-12,14H,3,5-6,9-10H2,1-2H3,(H,17,18)/t12-/m1/s1. The van der Waals surface area contributed by atoms with Gasteiger partial charge in [0.15, 0.2) is 6.10 Å². The third-order valence-corrected chi connectivity index (χ3v) is 3.73. The molecule has 3 heteroatoms. The summed E-state index contributed by atoms with van der Waals surface area (Å²) in [4.78, 5) is 12.1. The lowest BCUT2D eigenvalue weighted by molar-refractivity contribution is -0.127. The zero-order chi connectivity index (χ0) is 13.7.